The minimum absolute atomic E-state index is 0.0651. The first-order chi connectivity index (χ1) is 12.0. The molecule has 0 saturated heterocycles. The third-order valence-corrected chi connectivity index (χ3v) is 4.08. The smallest absolute Gasteiger partial charge is 0.224 e. The van der Waals surface area contributed by atoms with Crippen molar-refractivity contribution >= 4 is 16.9 Å². The molecular weight excluding hydrogens is 318 g/mol. The van der Waals surface area contributed by atoms with Gasteiger partial charge in [-0.25, -0.2) is 0 Å². The fourth-order valence-corrected chi connectivity index (χ4v) is 2.64. The van der Waals surface area contributed by atoms with Crippen LogP contribution < -0.4 is 10.1 Å². The maximum Gasteiger partial charge on any atom is 0.224 e. The molecule has 0 aliphatic heterocycles. The lowest BCUT2D eigenvalue weighted by Gasteiger charge is -2.21. The molecule has 25 heavy (non-hydrogen) atoms. The van der Waals surface area contributed by atoms with E-state index in [4.69, 9.17) is 9.15 Å². The molecule has 5 nitrogen and oxygen atoms in total. The van der Waals surface area contributed by atoms with E-state index >= 15 is 0 Å². The molecule has 0 radical (unpaired) electrons. The van der Waals surface area contributed by atoms with Gasteiger partial charge < -0.3 is 19.6 Å². The van der Waals surface area contributed by atoms with E-state index < -0.39 is 5.60 Å². The molecule has 1 heterocycles. The van der Waals surface area contributed by atoms with E-state index in [0.717, 1.165) is 10.9 Å². The molecule has 2 aromatic carbocycles. The number of benzene rings is 2. The van der Waals surface area contributed by atoms with Crippen molar-refractivity contribution in [1.82, 2.24) is 5.32 Å². The Kier molecular flexibility index (Phi) is 4.76. The van der Waals surface area contributed by atoms with Crippen LogP contribution in [0.25, 0.3) is 11.0 Å². The minimum Gasteiger partial charge on any atom is -0.497 e. The molecule has 3 aromatic rings. The number of nitrogens with one attached hydrogen (secondary N) is 1. The highest BCUT2D eigenvalue weighted by atomic mass is 16.5. The summed E-state index contributed by atoms with van der Waals surface area (Å²) < 4.78 is 10.8. The molecule has 5 heteroatoms. The second-order valence-corrected chi connectivity index (χ2v) is 6.23. The van der Waals surface area contributed by atoms with Crippen LogP contribution in [0.15, 0.2) is 59.0 Å². The van der Waals surface area contributed by atoms with Gasteiger partial charge in [0.1, 0.15) is 22.7 Å². The predicted octanol–water partition coefficient (Wildman–Crippen LogP) is 3.01. The van der Waals surface area contributed by atoms with Gasteiger partial charge >= 0.3 is 0 Å². The molecule has 1 aromatic heterocycles. The number of carbonyl (C=O) groups excluding carboxylic acids is 1. The summed E-state index contributed by atoms with van der Waals surface area (Å²) in [7, 11) is 1.59. The molecule has 0 spiro atoms. The Labute approximate surface area is 146 Å². The normalized spacial score (nSPS) is 13.4. The van der Waals surface area contributed by atoms with Crippen molar-refractivity contribution < 1.29 is 19.1 Å². The number of furan rings is 1. The maximum absolute atomic E-state index is 12.2. The number of hydrogen-bond acceptors (Lipinski definition) is 4. The summed E-state index contributed by atoms with van der Waals surface area (Å²) in [6.45, 7) is 1.69. The summed E-state index contributed by atoms with van der Waals surface area (Å²) in [4.78, 5) is 12.2. The first-order valence-electron chi connectivity index (χ1n) is 8.09. The van der Waals surface area contributed by atoms with E-state index in [1.165, 1.54) is 0 Å². The first-order valence-corrected chi connectivity index (χ1v) is 8.09. The van der Waals surface area contributed by atoms with Crippen molar-refractivity contribution in [3.63, 3.8) is 0 Å². The highest BCUT2D eigenvalue weighted by molar-refractivity contribution is 5.79. The minimum atomic E-state index is -1.29. The molecule has 2 N–H and O–H groups in total. The molecule has 1 amide bonds. The lowest BCUT2D eigenvalue weighted by Crippen LogP contribution is -2.39. The van der Waals surface area contributed by atoms with Crippen molar-refractivity contribution in [2.24, 2.45) is 0 Å². The van der Waals surface area contributed by atoms with Crippen LogP contribution >= 0.6 is 0 Å². The van der Waals surface area contributed by atoms with Crippen LogP contribution in [0.3, 0.4) is 0 Å². The summed E-state index contributed by atoms with van der Waals surface area (Å²) in [6, 6.07) is 16.7. The Morgan fingerprint density at radius 2 is 2.00 bits per heavy atom. The number of rotatable bonds is 6. The van der Waals surface area contributed by atoms with Crippen LogP contribution in [0.4, 0.5) is 0 Å². The molecule has 0 bridgehead atoms. The molecule has 3 rings (SSSR count). The van der Waals surface area contributed by atoms with Crippen LogP contribution in [0.1, 0.15) is 18.2 Å². The summed E-state index contributed by atoms with van der Waals surface area (Å²) in [5, 5.41) is 14.3. The quantitative estimate of drug-likeness (QED) is 0.724. The zero-order valence-electron chi connectivity index (χ0n) is 14.3. The number of carbonyl (C=O) groups is 1. The number of aliphatic hydroxyl groups is 1. The van der Waals surface area contributed by atoms with Gasteiger partial charge in [-0.1, -0.05) is 30.3 Å². The topological polar surface area (TPSA) is 71.7 Å². The van der Waals surface area contributed by atoms with Gasteiger partial charge in [-0.15, -0.1) is 0 Å². The number of ether oxygens (including phenoxy) is 1. The predicted molar refractivity (Wildman–Crippen MR) is 95.5 cm³/mol. The number of methoxy groups -OCH3 is 1. The van der Waals surface area contributed by atoms with Gasteiger partial charge in [-0.2, -0.15) is 0 Å². The third kappa shape index (κ3) is 4.00. The van der Waals surface area contributed by atoms with Crippen LogP contribution in [0.5, 0.6) is 5.75 Å². The SMILES string of the molecule is COc1cccc(CC(=O)NC[C@](C)(O)c2cc3ccccc3o2)c1. The van der Waals surface area contributed by atoms with E-state index in [0.29, 0.717) is 17.1 Å². The summed E-state index contributed by atoms with van der Waals surface area (Å²) in [5.41, 5.74) is 0.268. The molecule has 1 atom stereocenters. The van der Waals surface area contributed by atoms with Crippen molar-refractivity contribution in [3.05, 3.63) is 65.9 Å². The van der Waals surface area contributed by atoms with E-state index in [1.54, 1.807) is 20.1 Å². The molecule has 0 aliphatic rings. The Hall–Kier alpha value is -2.79. The number of fused-ring (bicyclic) bond motifs is 1. The summed E-state index contributed by atoms with van der Waals surface area (Å²) >= 11 is 0. The van der Waals surface area contributed by atoms with Crippen LogP contribution in [-0.2, 0) is 16.8 Å². The molecule has 0 saturated carbocycles. The molecule has 0 aliphatic carbocycles. The molecule has 130 valence electrons. The van der Waals surface area contributed by atoms with Gasteiger partial charge in [0.05, 0.1) is 20.1 Å². The van der Waals surface area contributed by atoms with Crippen molar-refractivity contribution in [2.75, 3.05) is 13.7 Å². The Morgan fingerprint density at radius 1 is 1.20 bits per heavy atom. The van der Waals surface area contributed by atoms with E-state index in [9.17, 15) is 9.90 Å². The largest absolute Gasteiger partial charge is 0.497 e. The second kappa shape index (κ2) is 6.99. The van der Waals surface area contributed by atoms with Gasteiger partial charge in [-0.05, 0) is 36.8 Å². The highest BCUT2D eigenvalue weighted by Gasteiger charge is 2.28. The average molecular weight is 339 g/mol. The van der Waals surface area contributed by atoms with Gasteiger partial charge in [-0.3, -0.25) is 4.79 Å². The second-order valence-electron chi connectivity index (χ2n) is 6.23. The standard InChI is InChI=1S/C20H21NO4/c1-20(23,18-12-15-7-3-4-9-17(15)25-18)13-21-19(22)11-14-6-5-8-16(10-14)24-2/h3-10,12,23H,11,13H2,1-2H3,(H,21,22)/t20-/m0/s1. The molecule has 0 unspecified atom stereocenters. The van der Waals surface area contributed by atoms with Crippen LogP contribution in [0, 0.1) is 0 Å². The van der Waals surface area contributed by atoms with Crippen molar-refractivity contribution in [3.8, 4) is 5.75 Å². The zero-order valence-corrected chi connectivity index (χ0v) is 14.3. The van der Waals surface area contributed by atoms with E-state index in [-0.39, 0.29) is 18.9 Å². The number of amides is 1. The number of hydrogen-bond donors (Lipinski definition) is 2. The summed E-state index contributed by atoms with van der Waals surface area (Å²) in [6.07, 6.45) is 0.216. The third-order valence-electron chi connectivity index (χ3n) is 4.08. The van der Waals surface area contributed by atoms with E-state index in [2.05, 4.69) is 5.32 Å². The molecule has 0 fully saturated rings. The Morgan fingerprint density at radius 3 is 2.76 bits per heavy atom. The zero-order chi connectivity index (χ0) is 17.9. The average Bonchev–Trinajstić information content (AvgIpc) is 3.05. The van der Waals surface area contributed by atoms with Crippen molar-refractivity contribution in [1.29, 1.82) is 0 Å². The Bertz CT molecular complexity index is 849. The van der Waals surface area contributed by atoms with E-state index in [1.807, 2.05) is 48.5 Å². The summed E-state index contributed by atoms with van der Waals surface area (Å²) in [5.74, 6) is 0.958. The monoisotopic (exact) mass is 339 g/mol. The van der Waals surface area contributed by atoms with Crippen molar-refractivity contribution in [2.45, 2.75) is 18.9 Å². The van der Waals surface area contributed by atoms with Gasteiger partial charge in [0.15, 0.2) is 0 Å². The number of para-hydroxylation sites is 1. The van der Waals surface area contributed by atoms with Crippen LogP contribution in [0.2, 0.25) is 0 Å². The van der Waals surface area contributed by atoms with Gasteiger partial charge in [0, 0.05) is 5.39 Å². The maximum atomic E-state index is 12.2. The van der Waals surface area contributed by atoms with Crippen LogP contribution in [-0.4, -0.2) is 24.7 Å². The fraction of sp³-hybridized carbons (Fsp3) is 0.250. The van der Waals surface area contributed by atoms with Gasteiger partial charge in [0.2, 0.25) is 5.91 Å². The Balaban J connectivity index is 1.63. The first kappa shape index (κ1) is 17.0. The lowest BCUT2D eigenvalue weighted by atomic mass is 10.0. The lowest BCUT2D eigenvalue weighted by molar-refractivity contribution is -0.121. The molecular formula is C20H21NO4. The van der Waals surface area contributed by atoms with Gasteiger partial charge in [0.25, 0.3) is 0 Å². The fourth-order valence-electron chi connectivity index (χ4n) is 2.64. The highest BCUT2D eigenvalue weighted by Crippen LogP contribution is 2.27.